The van der Waals surface area contributed by atoms with Gasteiger partial charge in [0.1, 0.15) is 0 Å². The zero-order valence-electron chi connectivity index (χ0n) is 17.4. The maximum Gasteiger partial charge on any atom is 0.253 e. The fourth-order valence-corrected chi connectivity index (χ4v) is 5.39. The molecule has 10 heteroatoms. The highest BCUT2D eigenvalue weighted by Crippen LogP contribution is 2.29. The highest BCUT2D eigenvalue weighted by molar-refractivity contribution is 7.89. The van der Waals surface area contributed by atoms with Gasteiger partial charge in [-0.05, 0) is 42.3 Å². The average molecular weight is 478 g/mol. The fourth-order valence-electron chi connectivity index (χ4n) is 3.82. The Morgan fingerprint density at radius 3 is 2.44 bits per heavy atom. The number of anilines is 1. The molecule has 2 aromatic rings. The van der Waals surface area contributed by atoms with Gasteiger partial charge >= 0.3 is 0 Å². The lowest BCUT2D eigenvalue weighted by Crippen LogP contribution is -2.40. The van der Waals surface area contributed by atoms with Gasteiger partial charge in [0.2, 0.25) is 15.9 Å². The van der Waals surface area contributed by atoms with E-state index < -0.39 is 10.0 Å². The lowest BCUT2D eigenvalue weighted by molar-refractivity contribution is -0.117. The molecule has 2 aromatic carbocycles. The number of nitrogens with zero attached hydrogens (tertiary/aromatic N) is 2. The summed E-state index contributed by atoms with van der Waals surface area (Å²) >= 11 is 6.10. The molecule has 2 aliphatic heterocycles. The number of hydrogen-bond acceptors (Lipinski definition) is 5. The van der Waals surface area contributed by atoms with E-state index in [1.54, 1.807) is 47.4 Å². The van der Waals surface area contributed by atoms with Crippen LogP contribution in [0.15, 0.2) is 47.4 Å². The van der Waals surface area contributed by atoms with Crippen LogP contribution in [0.5, 0.6) is 0 Å². The quantitative estimate of drug-likeness (QED) is 0.689. The second-order valence-electron chi connectivity index (χ2n) is 7.65. The molecule has 0 aromatic heterocycles. The summed E-state index contributed by atoms with van der Waals surface area (Å²) in [7, 11) is -3.56. The van der Waals surface area contributed by atoms with Gasteiger partial charge in [-0.3, -0.25) is 9.59 Å². The van der Waals surface area contributed by atoms with Crippen molar-refractivity contribution in [2.75, 3.05) is 37.7 Å². The van der Waals surface area contributed by atoms with Crippen LogP contribution in [0.1, 0.15) is 28.8 Å². The smallest absolute Gasteiger partial charge is 0.253 e. The normalized spacial score (nSPS) is 17.5. The first-order chi connectivity index (χ1) is 15.4. The number of carbonyl (C=O) groups excluding carboxylic acids is 2. The Kier molecular flexibility index (Phi) is 6.80. The lowest BCUT2D eigenvalue weighted by Gasteiger charge is -2.26. The molecule has 0 aliphatic carbocycles. The first-order valence-electron chi connectivity index (χ1n) is 10.4. The minimum Gasteiger partial charge on any atom is -0.379 e. The Balaban J connectivity index is 1.44. The molecule has 0 bridgehead atoms. The third-order valence-corrected chi connectivity index (χ3v) is 7.70. The first kappa shape index (κ1) is 22.7. The third-order valence-electron chi connectivity index (χ3n) is 5.55. The van der Waals surface area contributed by atoms with Crippen molar-refractivity contribution in [3.8, 4) is 0 Å². The molecule has 170 valence electrons. The van der Waals surface area contributed by atoms with Crippen molar-refractivity contribution in [2.45, 2.75) is 24.3 Å². The molecule has 2 aliphatic rings. The molecule has 2 saturated heterocycles. The number of ether oxygens (including phenoxy) is 1. The molecule has 0 unspecified atom stereocenters. The van der Waals surface area contributed by atoms with Gasteiger partial charge in [-0.2, -0.15) is 4.31 Å². The molecule has 32 heavy (non-hydrogen) atoms. The number of halogens is 1. The van der Waals surface area contributed by atoms with E-state index in [1.807, 2.05) is 0 Å². The van der Waals surface area contributed by atoms with Crippen LogP contribution in [-0.2, 0) is 26.1 Å². The summed E-state index contributed by atoms with van der Waals surface area (Å²) in [6.07, 6.45) is 1.19. The number of amides is 2. The van der Waals surface area contributed by atoms with Gasteiger partial charge in [0.05, 0.1) is 29.4 Å². The van der Waals surface area contributed by atoms with Gasteiger partial charge in [0, 0.05) is 37.6 Å². The molecule has 2 heterocycles. The lowest BCUT2D eigenvalue weighted by atomic mass is 10.1. The molecule has 0 spiro atoms. The van der Waals surface area contributed by atoms with Gasteiger partial charge in [0.15, 0.2) is 0 Å². The zero-order valence-corrected chi connectivity index (χ0v) is 19.0. The van der Waals surface area contributed by atoms with Crippen molar-refractivity contribution in [1.29, 1.82) is 0 Å². The van der Waals surface area contributed by atoms with Crippen LogP contribution in [0, 0.1) is 0 Å². The summed E-state index contributed by atoms with van der Waals surface area (Å²) in [6, 6.07) is 11.3. The molecule has 1 N–H and O–H groups in total. The van der Waals surface area contributed by atoms with Crippen molar-refractivity contribution in [3.63, 3.8) is 0 Å². The fraction of sp³-hybridized carbons (Fsp3) is 0.364. The summed E-state index contributed by atoms with van der Waals surface area (Å²) in [5.74, 6) is -0.361. The summed E-state index contributed by atoms with van der Waals surface area (Å²) in [5, 5.41) is 3.29. The number of carbonyl (C=O) groups is 2. The van der Waals surface area contributed by atoms with Crippen molar-refractivity contribution < 1.29 is 22.7 Å². The Labute approximate surface area is 192 Å². The predicted octanol–water partition coefficient (Wildman–Crippen LogP) is 2.42. The molecule has 8 nitrogen and oxygen atoms in total. The second kappa shape index (κ2) is 9.58. The van der Waals surface area contributed by atoms with Crippen molar-refractivity contribution >= 4 is 39.1 Å². The third kappa shape index (κ3) is 4.80. The summed E-state index contributed by atoms with van der Waals surface area (Å²) < 4.78 is 32.1. The van der Waals surface area contributed by atoms with Crippen LogP contribution >= 0.6 is 11.6 Å². The second-order valence-corrected chi connectivity index (χ2v) is 10.0. The van der Waals surface area contributed by atoms with E-state index in [2.05, 4.69) is 5.32 Å². The van der Waals surface area contributed by atoms with Gasteiger partial charge in [-0.15, -0.1) is 0 Å². The topological polar surface area (TPSA) is 96.0 Å². The van der Waals surface area contributed by atoms with Crippen LogP contribution in [0.4, 0.5) is 5.69 Å². The number of morpholine rings is 1. The monoisotopic (exact) mass is 477 g/mol. The first-order valence-corrected chi connectivity index (χ1v) is 12.2. The van der Waals surface area contributed by atoms with E-state index in [0.29, 0.717) is 55.5 Å². The Hall–Kier alpha value is -2.46. The molecule has 2 amide bonds. The zero-order chi connectivity index (χ0) is 22.7. The largest absolute Gasteiger partial charge is 0.379 e. The number of hydrogen-bond donors (Lipinski definition) is 1. The van der Waals surface area contributed by atoms with E-state index in [1.165, 1.54) is 4.31 Å². The van der Waals surface area contributed by atoms with Crippen LogP contribution in [0.2, 0.25) is 5.02 Å². The van der Waals surface area contributed by atoms with Crippen LogP contribution < -0.4 is 10.2 Å². The number of benzene rings is 2. The highest BCUT2D eigenvalue weighted by atomic mass is 35.5. The minimum atomic E-state index is -3.56. The van der Waals surface area contributed by atoms with Crippen molar-refractivity contribution in [1.82, 2.24) is 9.62 Å². The van der Waals surface area contributed by atoms with Gasteiger partial charge in [-0.25, -0.2) is 8.42 Å². The number of nitrogens with one attached hydrogen (secondary N) is 1. The van der Waals surface area contributed by atoms with E-state index in [-0.39, 0.29) is 23.3 Å². The van der Waals surface area contributed by atoms with E-state index in [0.717, 1.165) is 12.0 Å². The molecular formula is C22H24ClN3O5S. The van der Waals surface area contributed by atoms with E-state index in [4.69, 9.17) is 16.3 Å². The molecule has 4 rings (SSSR count). The van der Waals surface area contributed by atoms with E-state index in [9.17, 15) is 18.0 Å². The SMILES string of the molecule is O=C(NCc1ccc(S(=O)(=O)N2CCOCC2)cc1)c1ccc(Cl)cc1N1CCCC1=O. The van der Waals surface area contributed by atoms with Gasteiger partial charge < -0.3 is 15.0 Å². The molecule has 0 saturated carbocycles. The average Bonchev–Trinajstić information content (AvgIpc) is 3.24. The molecule has 0 radical (unpaired) electrons. The van der Waals surface area contributed by atoms with Crippen LogP contribution in [-0.4, -0.2) is 57.4 Å². The van der Waals surface area contributed by atoms with Crippen LogP contribution in [0.3, 0.4) is 0 Å². The summed E-state index contributed by atoms with van der Waals surface area (Å²) in [6.45, 7) is 2.22. The Morgan fingerprint density at radius 1 is 1.06 bits per heavy atom. The molecule has 2 fully saturated rings. The molecule has 0 atom stereocenters. The predicted molar refractivity (Wildman–Crippen MR) is 120 cm³/mol. The number of rotatable bonds is 6. The van der Waals surface area contributed by atoms with Crippen LogP contribution in [0.25, 0.3) is 0 Å². The Bertz CT molecular complexity index is 1110. The van der Waals surface area contributed by atoms with Crippen molar-refractivity contribution in [3.05, 3.63) is 58.6 Å². The summed E-state index contributed by atoms with van der Waals surface area (Å²) in [4.78, 5) is 26.8. The number of sulfonamides is 1. The minimum absolute atomic E-state index is 0.0293. The van der Waals surface area contributed by atoms with Gasteiger partial charge in [0.25, 0.3) is 5.91 Å². The highest BCUT2D eigenvalue weighted by Gasteiger charge is 2.27. The van der Waals surface area contributed by atoms with E-state index >= 15 is 0 Å². The maximum absolute atomic E-state index is 12.8. The van der Waals surface area contributed by atoms with Crippen molar-refractivity contribution in [2.24, 2.45) is 0 Å². The summed E-state index contributed by atoms with van der Waals surface area (Å²) in [5.41, 5.74) is 1.63. The molecular weight excluding hydrogens is 454 g/mol. The Morgan fingerprint density at radius 2 is 1.78 bits per heavy atom. The van der Waals surface area contributed by atoms with Gasteiger partial charge in [-0.1, -0.05) is 23.7 Å². The maximum atomic E-state index is 12.8. The standard InChI is InChI=1S/C22H24ClN3O5S/c23-17-5-8-19(20(14-17)26-9-1-2-21(26)27)22(28)24-15-16-3-6-18(7-4-16)32(29,30)25-10-12-31-13-11-25/h3-8,14H,1-2,9-13,15H2,(H,24,28).